The summed E-state index contributed by atoms with van der Waals surface area (Å²) >= 11 is 0. The molecule has 1 fully saturated rings. The fourth-order valence-corrected chi connectivity index (χ4v) is 4.88. The van der Waals surface area contributed by atoms with E-state index in [0.717, 1.165) is 30.5 Å². The molecule has 0 bridgehead atoms. The van der Waals surface area contributed by atoms with Crippen LogP contribution in [0.2, 0.25) is 0 Å². The first-order valence-corrected chi connectivity index (χ1v) is 12.1. The first-order chi connectivity index (χ1) is 16.5. The molecular formula is C27H32N2O5. The molecule has 180 valence electrons. The third kappa shape index (κ3) is 5.08. The van der Waals surface area contributed by atoms with Crippen molar-refractivity contribution in [1.82, 2.24) is 0 Å². The van der Waals surface area contributed by atoms with E-state index in [1.165, 1.54) is 0 Å². The van der Waals surface area contributed by atoms with Gasteiger partial charge in [0.2, 0.25) is 5.91 Å². The van der Waals surface area contributed by atoms with E-state index >= 15 is 0 Å². The summed E-state index contributed by atoms with van der Waals surface area (Å²) in [4.78, 5) is 41.1. The number of esters is 1. The summed E-state index contributed by atoms with van der Waals surface area (Å²) < 4.78 is 11.1. The molecule has 3 unspecified atom stereocenters. The van der Waals surface area contributed by atoms with Gasteiger partial charge in [-0.15, -0.1) is 0 Å². The van der Waals surface area contributed by atoms with Crippen LogP contribution < -0.4 is 15.0 Å². The van der Waals surface area contributed by atoms with Crippen LogP contribution in [0, 0.1) is 11.8 Å². The largest absolute Gasteiger partial charge is 0.492 e. The Balaban J connectivity index is 1.41. The Morgan fingerprint density at radius 2 is 1.74 bits per heavy atom. The lowest BCUT2D eigenvalue weighted by Crippen LogP contribution is -2.43. The van der Waals surface area contributed by atoms with E-state index in [1.807, 2.05) is 42.2 Å². The lowest BCUT2D eigenvalue weighted by molar-refractivity contribution is -0.161. The minimum atomic E-state index is -0.993. The van der Waals surface area contributed by atoms with Gasteiger partial charge in [-0.05, 0) is 56.9 Å². The topological polar surface area (TPSA) is 84.9 Å². The fraction of sp³-hybridized carbons (Fsp3) is 0.444. The average Bonchev–Trinajstić information content (AvgIpc) is 3.29. The van der Waals surface area contributed by atoms with Gasteiger partial charge in [-0.2, -0.15) is 0 Å². The van der Waals surface area contributed by atoms with E-state index < -0.39 is 29.8 Å². The second kappa shape index (κ2) is 10.7. The van der Waals surface area contributed by atoms with Gasteiger partial charge in [-0.25, -0.2) is 0 Å². The molecule has 4 rings (SSSR count). The first-order valence-electron chi connectivity index (χ1n) is 12.1. The number of fused-ring (bicyclic) bond motifs is 1. The third-order valence-corrected chi connectivity index (χ3v) is 6.65. The molecule has 0 spiro atoms. The van der Waals surface area contributed by atoms with Crippen LogP contribution in [0.25, 0.3) is 0 Å². The number of benzene rings is 2. The number of ether oxygens (including phenoxy) is 2. The highest BCUT2D eigenvalue weighted by atomic mass is 16.5. The molecule has 7 nitrogen and oxygen atoms in total. The van der Waals surface area contributed by atoms with Gasteiger partial charge in [-0.3, -0.25) is 14.4 Å². The Morgan fingerprint density at radius 1 is 1.03 bits per heavy atom. The molecule has 2 aromatic carbocycles. The van der Waals surface area contributed by atoms with E-state index in [-0.39, 0.29) is 5.91 Å². The zero-order chi connectivity index (χ0) is 24.1. The zero-order valence-corrected chi connectivity index (χ0v) is 19.8. The molecule has 0 aromatic heterocycles. The SMILES string of the molecule is CCOc1ccccc1NC(=O)C(C)OC(=O)C1CCCCC1C(=O)N1CCc2ccccc21. The molecule has 3 atom stereocenters. The van der Waals surface area contributed by atoms with Crippen LogP contribution >= 0.6 is 0 Å². The summed E-state index contributed by atoms with van der Waals surface area (Å²) in [6.07, 6.45) is 2.84. The summed E-state index contributed by atoms with van der Waals surface area (Å²) in [5.41, 5.74) is 2.62. The van der Waals surface area contributed by atoms with Crippen molar-refractivity contribution in [2.75, 3.05) is 23.4 Å². The predicted molar refractivity (Wildman–Crippen MR) is 130 cm³/mol. The number of nitrogens with zero attached hydrogens (tertiary/aromatic N) is 1. The van der Waals surface area contributed by atoms with Crippen molar-refractivity contribution in [3.05, 3.63) is 54.1 Å². The van der Waals surface area contributed by atoms with Crippen molar-refractivity contribution in [3.8, 4) is 5.75 Å². The average molecular weight is 465 g/mol. The van der Waals surface area contributed by atoms with Crippen LogP contribution in [0.15, 0.2) is 48.5 Å². The van der Waals surface area contributed by atoms with Crippen molar-refractivity contribution in [2.24, 2.45) is 11.8 Å². The lowest BCUT2D eigenvalue weighted by Gasteiger charge is -2.32. The monoisotopic (exact) mass is 464 g/mol. The van der Waals surface area contributed by atoms with E-state index in [9.17, 15) is 14.4 Å². The second-order valence-corrected chi connectivity index (χ2v) is 8.86. The van der Waals surface area contributed by atoms with Crippen molar-refractivity contribution in [3.63, 3.8) is 0 Å². The molecule has 1 saturated carbocycles. The van der Waals surface area contributed by atoms with E-state index in [2.05, 4.69) is 5.32 Å². The van der Waals surface area contributed by atoms with Gasteiger partial charge in [0.1, 0.15) is 5.75 Å². The molecule has 34 heavy (non-hydrogen) atoms. The van der Waals surface area contributed by atoms with Crippen molar-refractivity contribution >= 4 is 29.2 Å². The minimum Gasteiger partial charge on any atom is -0.492 e. The third-order valence-electron chi connectivity index (χ3n) is 6.65. The molecule has 1 aliphatic heterocycles. The molecule has 2 amide bonds. The Kier molecular flexibility index (Phi) is 7.50. The molecule has 1 aliphatic carbocycles. The number of amides is 2. The molecular weight excluding hydrogens is 432 g/mol. The van der Waals surface area contributed by atoms with Gasteiger partial charge in [-0.1, -0.05) is 43.2 Å². The molecule has 0 radical (unpaired) electrons. The number of hydrogen-bond donors (Lipinski definition) is 1. The molecule has 1 heterocycles. The van der Waals surface area contributed by atoms with Gasteiger partial charge in [0.25, 0.3) is 5.91 Å². The van der Waals surface area contributed by atoms with Crippen LogP contribution in [0.5, 0.6) is 5.75 Å². The molecule has 7 heteroatoms. The normalized spacial score (nSPS) is 20.2. The Bertz CT molecular complexity index is 1050. The van der Waals surface area contributed by atoms with Gasteiger partial charge in [0.15, 0.2) is 6.10 Å². The molecule has 2 aromatic rings. The predicted octanol–water partition coefficient (Wildman–Crippen LogP) is 4.35. The molecule has 0 saturated heterocycles. The lowest BCUT2D eigenvalue weighted by atomic mass is 9.78. The maximum absolute atomic E-state index is 13.5. The summed E-state index contributed by atoms with van der Waals surface area (Å²) in [6.45, 7) is 4.52. The minimum absolute atomic E-state index is 0.0191. The summed E-state index contributed by atoms with van der Waals surface area (Å²) in [5, 5.41) is 2.78. The van der Waals surface area contributed by atoms with Crippen molar-refractivity contribution in [2.45, 2.75) is 52.1 Å². The Morgan fingerprint density at radius 3 is 2.53 bits per heavy atom. The highest BCUT2D eigenvalue weighted by Crippen LogP contribution is 2.36. The number of nitrogens with one attached hydrogen (secondary N) is 1. The van der Waals surface area contributed by atoms with Crippen LogP contribution in [0.1, 0.15) is 45.1 Å². The van der Waals surface area contributed by atoms with Crippen molar-refractivity contribution < 1.29 is 23.9 Å². The zero-order valence-electron chi connectivity index (χ0n) is 19.8. The number of anilines is 2. The highest BCUT2D eigenvalue weighted by molar-refractivity contribution is 6.00. The van der Waals surface area contributed by atoms with Gasteiger partial charge >= 0.3 is 5.97 Å². The number of rotatable bonds is 7. The summed E-state index contributed by atoms with van der Waals surface area (Å²) in [7, 11) is 0. The van der Waals surface area contributed by atoms with Crippen LogP contribution in [0.4, 0.5) is 11.4 Å². The van der Waals surface area contributed by atoms with Crippen LogP contribution in [-0.4, -0.2) is 37.0 Å². The molecule has 1 N–H and O–H groups in total. The smallest absolute Gasteiger partial charge is 0.310 e. The number of carbonyl (C=O) groups is 3. The Labute approximate surface area is 200 Å². The number of hydrogen-bond acceptors (Lipinski definition) is 5. The van der Waals surface area contributed by atoms with E-state index in [1.54, 1.807) is 25.1 Å². The maximum Gasteiger partial charge on any atom is 0.310 e. The Hall–Kier alpha value is -3.35. The van der Waals surface area contributed by atoms with Crippen molar-refractivity contribution in [1.29, 1.82) is 0 Å². The fourth-order valence-electron chi connectivity index (χ4n) is 4.88. The van der Waals surface area contributed by atoms with E-state index in [4.69, 9.17) is 9.47 Å². The van der Waals surface area contributed by atoms with Crippen LogP contribution in [0.3, 0.4) is 0 Å². The van der Waals surface area contributed by atoms with Gasteiger partial charge < -0.3 is 19.7 Å². The first kappa shape index (κ1) is 23.8. The maximum atomic E-state index is 13.5. The number of carbonyl (C=O) groups excluding carboxylic acids is 3. The highest BCUT2D eigenvalue weighted by Gasteiger charge is 2.41. The summed E-state index contributed by atoms with van der Waals surface area (Å²) in [6, 6.07) is 15.0. The van der Waals surface area contributed by atoms with E-state index in [0.29, 0.717) is 37.4 Å². The van der Waals surface area contributed by atoms with Crippen LogP contribution in [-0.2, 0) is 25.5 Å². The second-order valence-electron chi connectivity index (χ2n) is 8.86. The summed E-state index contributed by atoms with van der Waals surface area (Å²) in [5.74, 6) is -1.35. The standard InChI is InChI=1S/C27H32N2O5/c1-3-33-24-15-9-7-13-22(24)28-25(30)18(2)34-27(32)21-12-6-5-11-20(21)26(31)29-17-16-19-10-4-8-14-23(19)29/h4,7-10,13-15,18,20-21H,3,5-6,11-12,16-17H2,1-2H3,(H,28,30). The number of para-hydroxylation sites is 3. The molecule has 2 aliphatic rings. The van der Waals surface area contributed by atoms with Gasteiger partial charge in [0.05, 0.1) is 24.1 Å². The van der Waals surface area contributed by atoms with Gasteiger partial charge in [0, 0.05) is 12.2 Å². The quantitative estimate of drug-likeness (QED) is 0.616.